The van der Waals surface area contributed by atoms with Crippen LogP contribution in [0.1, 0.15) is 41.7 Å². The Morgan fingerprint density at radius 3 is 2.84 bits per heavy atom. The largest absolute Gasteiger partial charge is 0.378 e. The van der Waals surface area contributed by atoms with Crippen molar-refractivity contribution >= 4 is 29.1 Å². The number of halogens is 3. The van der Waals surface area contributed by atoms with Gasteiger partial charge in [0.15, 0.2) is 6.10 Å². The van der Waals surface area contributed by atoms with Gasteiger partial charge in [-0.15, -0.1) is 0 Å². The van der Waals surface area contributed by atoms with Crippen LogP contribution in [0.25, 0.3) is 0 Å². The second-order valence-electron chi connectivity index (χ2n) is 6.44. The number of pyridine rings is 1. The second kappa shape index (κ2) is 6.24. The lowest BCUT2D eigenvalue weighted by Gasteiger charge is -2.37. The van der Waals surface area contributed by atoms with Crippen LogP contribution in [0.2, 0.25) is 10.0 Å². The lowest BCUT2D eigenvalue weighted by atomic mass is 9.93. The van der Waals surface area contributed by atoms with Crippen LogP contribution in [0.5, 0.6) is 0 Å². The van der Waals surface area contributed by atoms with Gasteiger partial charge in [-0.2, -0.15) is 4.39 Å². The molecule has 7 heteroatoms. The summed E-state index contributed by atoms with van der Waals surface area (Å²) in [4.78, 5) is 18.3. The molecule has 1 amide bonds. The first-order valence-corrected chi connectivity index (χ1v) is 8.81. The van der Waals surface area contributed by atoms with E-state index in [1.165, 1.54) is 12.3 Å². The molecular weight excluding hydrogens is 366 g/mol. The van der Waals surface area contributed by atoms with Gasteiger partial charge in [-0.25, -0.2) is 4.98 Å². The molecule has 0 radical (unpaired) electrons. The molecule has 130 valence electrons. The normalized spacial score (nSPS) is 22.6. The Bertz CT molecular complexity index is 861. The van der Waals surface area contributed by atoms with Crippen molar-refractivity contribution in [3.8, 4) is 0 Å². The number of carbonyl (C=O) groups is 1. The molecule has 2 aromatic rings. The van der Waals surface area contributed by atoms with Gasteiger partial charge in [-0.1, -0.05) is 29.3 Å². The van der Waals surface area contributed by atoms with Crippen LogP contribution in [0.4, 0.5) is 4.39 Å². The number of nitrogens with zero attached hydrogens (tertiary/aromatic N) is 2. The molecule has 3 atom stereocenters. The van der Waals surface area contributed by atoms with Gasteiger partial charge in [0, 0.05) is 17.8 Å². The van der Waals surface area contributed by atoms with Crippen molar-refractivity contribution in [2.24, 2.45) is 0 Å². The summed E-state index contributed by atoms with van der Waals surface area (Å²) in [7, 11) is 0. The molecule has 1 saturated heterocycles. The Hall–Kier alpha value is -1.69. The number of rotatable bonds is 2. The zero-order valence-corrected chi connectivity index (χ0v) is 14.6. The summed E-state index contributed by atoms with van der Waals surface area (Å²) in [5, 5.41) is 11.2. The Balaban J connectivity index is 1.66. The van der Waals surface area contributed by atoms with E-state index in [1.807, 2.05) is 0 Å². The number of amides is 1. The number of carbonyl (C=O) groups excluding carboxylic acids is 1. The molecule has 2 aliphatic heterocycles. The first kappa shape index (κ1) is 16.8. The van der Waals surface area contributed by atoms with Crippen LogP contribution in [-0.2, 0) is 11.2 Å². The fourth-order valence-electron chi connectivity index (χ4n) is 3.92. The van der Waals surface area contributed by atoms with Crippen molar-refractivity contribution in [1.82, 2.24) is 9.88 Å². The SMILES string of the molecule is O=C(C(O)c1ccc(Cl)c(Cl)c1)N1C2CCC1c1ccnc(F)c1C2. The summed E-state index contributed by atoms with van der Waals surface area (Å²) in [6.07, 6.45) is 2.04. The number of hydrogen-bond donors (Lipinski definition) is 1. The summed E-state index contributed by atoms with van der Waals surface area (Å²) in [6.45, 7) is 0. The average Bonchev–Trinajstić information content (AvgIpc) is 2.92. The molecule has 25 heavy (non-hydrogen) atoms. The average molecular weight is 381 g/mol. The van der Waals surface area contributed by atoms with E-state index >= 15 is 0 Å². The third kappa shape index (κ3) is 2.71. The van der Waals surface area contributed by atoms with Crippen molar-refractivity contribution in [3.05, 3.63) is 63.1 Å². The van der Waals surface area contributed by atoms with Crippen molar-refractivity contribution in [1.29, 1.82) is 0 Å². The molecule has 1 N–H and O–H groups in total. The molecule has 0 spiro atoms. The predicted molar refractivity (Wildman–Crippen MR) is 91.9 cm³/mol. The fourth-order valence-corrected chi connectivity index (χ4v) is 4.23. The maximum atomic E-state index is 14.0. The molecule has 1 aromatic carbocycles. The van der Waals surface area contributed by atoms with Gasteiger partial charge in [0.05, 0.1) is 16.1 Å². The summed E-state index contributed by atoms with van der Waals surface area (Å²) >= 11 is 11.9. The number of aliphatic hydroxyl groups excluding tert-OH is 1. The van der Waals surface area contributed by atoms with Gasteiger partial charge in [0.2, 0.25) is 5.95 Å². The van der Waals surface area contributed by atoms with Gasteiger partial charge >= 0.3 is 0 Å². The molecule has 3 unspecified atom stereocenters. The Morgan fingerprint density at radius 2 is 2.08 bits per heavy atom. The van der Waals surface area contributed by atoms with E-state index in [0.29, 0.717) is 22.6 Å². The molecule has 0 aliphatic carbocycles. The third-order valence-corrected chi connectivity index (χ3v) is 5.83. The minimum Gasteiger partial charge on any atom is -0.378 e. The summed E-state index contributed by atoms with van der Waals surface area (Å²) in [5.41, 5.74) is 1.77. The van der Waals surface area contributed by atoms with E-state index in [9.17, 15) is 14.3 Å². The number of aromatic nitrogens is 1. The number of fused-ring (bicyclic) bond motifs is 4. The summed E-state index contributed by atoms with van der Waals surface area (Å²) in [5.74, 6) is -0.861. The van der Waals surface area contributed by atoms with Gasteiger partial charge < -0.3 is 10.0 Å². The standard InChI is InChI=1S/C18H15Cl2FN2O2/c19-13-3-1-9(7-14(13)20)16(24)18(25)23-10-2-4-15(23)11-5-6-22-17(21)12(11)8-10/h1,3,5-7,10,15-16,24H,2,4,8H2. The Morgan fingerprint density at radius 1 is 1.28 bits per heavy atom. The third-order valence-electron chi connectivity index (χ3n) is 5.09. The number of benzene rings is 1. The smallest absolute Gasteiger partial charge is 0.256 e. The van der Waals surface area contributed by atoms with Crippen LogP contribution in [0.3, 0.4) is 0 Å². The maximum absolute atomic E-state index is 14.0. The maximum Gasteiger partial charge on any atom is 0.256 e. The van der Waals surface area contributed by atoms with E-state index in [4.69, 9.17) is 23.2 Å². The van der Waals surface area contributed by atoms with Crippen molar-refractivity contribution in [2.75, 3.05) is 0 Å². The molecule has 4 nitrogen and oxygen atoms in total. The van der Waals surface area contributed by atoms with Crippen LogP contribution in [-0.4, -0.2) is 26.9 Å². The number of hydrogen-bond acceptors (Lipinski definition) is 3. The zero-order chi connectivity index (χ0) is 17.7. The minimum atomic E-state index is -1.33. The van der Waals surface area contributed by atoms with Gasteiger partial charge in [-0.05, 0) is 48.6 Å². The topological polar surface area (TPSA) is 53.4 Å². The highest BCUT2D eigenvalue weighted by Gasteiger charge is 2.45. The molecule has 1 fully saturated rings. The first-order valence-electron chi connectivity index (χ1n) is 8.06. The van der Waals surface area contributed by atoms with Crippen LogP contribution >= 0.6 is 23.2 Å². The highest BCUT2D eigenvalue weighted by atomic mass is 35.5. The molecule has 2 bridgehead atoms. The number of aliphatic hydroxyl groups is 1. The molecule has 4 rings (SSSR count). The molecule has 1 aromatic heterocycles. The zero-order valence-electron chi connectivity index (χ0n) is 13.1. The lowest BCUT2D eigenvalue weighted by Crippen LogP contribution is -2.44. The van der Waals surface area contributed by atoms with Crippen LogP contribution in [0.15, 0.2) is 30.5 Å². The van der Waals surface area contributed by atoms with Crippen molar-refractivity contribution in [3.63, 3.8) is 0 Å². The molecule has 3 heterocycles. The molecule has 2 aliphatic rings. The quantitative estimate of drug-likeness (QED) is 0.805. The monoisotopic (exact) mass is 380 g/mol. The predicted octanol–water partition coefficient (Wildman–Crippen LogP) is 3.85. The van der Waals surface area contributed by atoms with E-state index < -0.39 is 18.0 Å². The summed E-state index contributed by atoms with van der Waals surface area (Å²) < 4.78 is 14.0. The molecule has 0 saturated carbocycles. The van der Waals surface area contributed by atoms with E-state index in [1.54, 1.807) is 23.1 Å². The second-order valence-corrected chi connectivity index (χ2v) is 7.26. The fraction of sp³-hybridized carbons (Fsp3) is 0.333. The van der Waals surface area contributed by atoms with Crippen LogP contribution < -0.4 is 0 Å². The van der Waals surface area contributed by atoms with Crippen molar-refractivity contribution in [2.45, 2.75) is 37.5 Å². The van der Waals surface area contributed by atoms with Gasteiger partial charge in [-0.3, -0.25) is 4.79 Å². The van der Waals surface area contributed by atoms with E-state index in [0.717, 1.165) is 18.4 Å². The minimum absolute atomic E-state index is 0.124. The van der Waals surface area contributed by atoms with Crippen molar-refractivity contribution < 1.29 is 14.3 Å². The Labute approximate surface area is 154 Å². The first-order chi connectivity index (χ1) is 12.0. The lowest BCUT2D eigenvalue weighted by molar-refractivity contribution is -0.144. The van der Waals surface area contributed by atoms with Gasteiger partial charge in [0.25, 0.3) is 5.91 Å². The van der Waals surface area contributed by atoms with Crippen LogP contribution in [0, 0.1) is 5.95 Å². The summed E-state index contributed by atoms with van der Waals surface area (Å²) in [6, 6.07) is 6.04. The van der Waals surface area contributed by atoms with E-state index in [2.05, 4.69) is 4.98 Å². The molecular formula is C18H15Cl2FN2O2. The Kier molecular flexibility index (Phi) is 4.18. The van der Waals surface area contributed by atoms with Gasteiger partial charge in [0.1, 0.15) is 0 Å². The highest BCUT2D eigenvalue weighted by Crippen LogP contribution is 2.45. The van der Waals surface area contributed by atoms with E-state index in [-0.39, 0.29) is 17.1 Å². The highest BCUT2D eigenvalue weighted by molar-refractivity contribution is 6.42.